The fraction of sp³-hybridized carbons (Fsp3) is 0.308. The van der Waals surface area contributed by atoms with Gasteiger partial charge in [-0.1, -0.05) is 46.3 Å². The highest BCUT2D eigenvalue weighted by Crippen LogP contribution is 2.47. The summed E-state index contributed by atoms with van der Waals surface area (Å²) in [5.74, 6) is -1.31. The van der Waals surface area contributed by atoms with E-state index in [0.29, 0.717) is 29.7 Å². The molecule has 2 aliphatic rings. The summed E-state index contributed by atoms with van der Waals surface area (Å²) in [7, 11) is 0. The number of carbonyl (C=O) groups excluding carboxylic acids is 2. The third-order valence-electron chi connectivity index (χ3n) is 5.95. The van der Waals surface area contributed by atoms with Crippen molar-refractivity contribution in [2.45, 2.75) is 51.6 Å². The molecule has 1 aliphatic carbocycles. The molecule has 4 nitrogen and oxygen atoms in total. The molecule has 166 valence electrons. The van der Waals surface area contributed by atoms with Crippen molar-refractivity contribution < 1.29 is 18.7 Å². The van der Waals surface area contributed by atoms with E-state index in [9.17, 15) is 14.0 Å². The molecule has 2 aromatic carbocycles. The maximum atomic E-state index is 13.5. The number of hydrogen-bond donors (Lipinski definition) is 1. The van der Waals surface area contributed by atoms with Gasteiger partial charge in [-0.05, 0) is 62.4 Å². The first kappa shape index (κ1) is 22.5. The Morgan fingerprint density at radius 1 is 1.12 bits per heavy atom. The number of ether oxygens (including phenoxy) is 1. The Morgan fingerprint density at radius 2 is 1.81 bits per heavy atom. The fourth-order valence-electron chi connectivity index (χ4n) is 4.58. The molecule has 0 aromatic heterocycles. The molecular formula is C26H25BrFNO3. The van der Waals surface area contributed by atoms with Gasteiger partial charge in [-0.15, -0.1) is 0 Å². The zero-order chi connectivity index (χ0) is 23.0. The molecule has 2 aromatic rings. The lowest BCUT2D eigenvalue weighted by molar-refractivity contribution is -0.143. The Kier molecular flexibility index (Phi) is 6.33. The maximum absolute atomic E-state index is 13.5. The summed E-state index contributed by atoms with van der Waals surface area (Å²) in [6.07, 6.45) is 0.638. The van der Waals surface area contributed by atoms with E-state index in [2.05, 4.69) is 21.2 Å². The van der Waals surface area contributed by atoms with Gasteiger partial charge >= 0.3 is 5.97 Å². The van der Waals surface area contributed by atoms with Gasteiger partial charge in [0, 0.05) is 33.8 Å². The minimum absolute atomic E-state index is 0.0174. The largest absolute Gasteiger partial charge is 0.460 e. The van der Waals surface area contributed by atoms with Crippen LogP contribution in [0.3, 0.4) is 0 Å². The molecule has 0 amide bonds. The quantitative estimate of drug-likeness (QED) is 0.534. The smallest absolute Gasteiger partial charge is 0.337 e. The monoisotopic (exact) mass is 497 g/mol. The zero-order valence-electron chi connectivity index (χ0n) is 18.2. The van der Waals surface area contributed by atoms with E-state index in [0.717, 1.165) is 21.3 Å². The number of benzene rings is 2. The molecule has 0 saturated heterocycles. The van der Waals surface area contributed by atoms with E-state index in [1.807, 2.05) is 31.2 Å². The number of allylic oxidation sites excluding steroid dienone is 3. The molecule has 1 heterocycles. The number of dihydropyridines is 1. The van der Waals surface area contributed by atoms with Gasteiger partial charge in [0.1, 0.15) is 5.82 Å². The van der Waals surface area contributed by atoms with Crippen molar-refractivity contribution in [1.82, 2.24) is 5.32 Å². The molecular weight excluding hydrogens is 473 g/mol. The van der Waals surface area contributed by atoms with Crippen molar-refractivity contribution in [2.75, 3.05) is 0 Å². The molecule has 32 heavy (non-hydrogen) atoms. The third kappa shape index (κ3) is 4.29. The van der Waals surface area contributed by atoms with E-state index in [4.69, 9.17) is 4.74 Å². The normalized spacial score (nSPS) is 20.9. The molecule has 1 N–H and O–H groups in total. The first-order valence-corrected chi connectivity index (χ1v) is 11.5. The van der Waals surface area contributed by atoms with E-state index in [1.54, 1.807) is 26.0 Å². The van der Waals surface area contributed by atoms with Crippen molar-refractivity contribution >= 4 is 27.7 Å². The number of halogens is 2. The predicted octanol–water partition coefficient (Wildman–Crippen LogP) is 5.90. The Balaban J connectivity index is 1.80. The highest BCUT2D eigenvalue weighted by Gasteiger charge is 2.42. The van der Waals surface area contributed by atoms with Gasteiger partial charge in [0.15, 0.2) is 5.78 Å². The lowest BCUT2D eigenvalue weighted by Gasteiger charge is -2.37. The summed E-state index contributed by atoms with van der Waals surface area (Å²) in [6, 6.07) is 14.0. The standard InChI is InChI=1S/C26H25BrFNO3/c1-14(2)32-26(31)23-15(3)29-21-12-17(16-8-10-18(28)11-9-16)13-22(30)25(21)24(23)19-6-4-5-7-20(19)27/h4-11,14,17,24,29H,12-13H2,1-3H3/t17-,24-/m1/s1. The maximum Gasteiger partial charge on any atom is 0.337 e. The molecule has 0 fully saturated rings. The first-order valence-electron chi connectivity index (χ1n) is 10.7. The number of nitrogens with one attached hydrogen (secondary N) is 1. The summed E-state index contributed by atoms with van der Waals surface area (Å²) in [4.78, 5) is 26.6. The van der Waals surface area contributed by atoms with Crippen LogP contribution in [0.5, 0.6) is 0 Å². The van der Waals surface area contributed by atoms with Crippen molar-refractivity contribution in [3.8, 4) is 0 Å². The number of rotatable bonds is 4. The molecule has 6 heteroatoms. The van der Waals surface area contributed by atoms with Crippen LogP contribution in [-0.2, 0) is 14.3 Å². The molecule has 0 bridgehead atoms. The molecule has 2 atom stereocenters. The van der Waals surface area contributed by atoms with Gasteiger partial charge in [-0.2, -0.15) is 0 Å². The van der Waals surface area contributed by atoms with Crippen LogP contribution < -0.4 is 5.32 Å². The summed E-state index contributed by atoms with van der Waals surface area (Å²) in [5.41, 5.74) is 4.34. The van der Waals surface area contributed by atoms with Crippen molar-refractivity contribution in [3.63, 3.8) is 0 Å². The SMILES string of the molecule is CC1=C(C(=O)OC(C)C)[C@@H](c2ccccc2Br)C2=C(C[C@@H](c3ccc(F)cc3)CC2=O)N1. The van der Waals surface area contributed by atoms with Crippen LogP contribution in [0.15, 0.2) is 75.5 Å². The second kappa shape index (κ2) is 9.02. The Labute approximate surface area is 195 Å². The lowest BCUT2D eigenvalue weighted by atomic mass is 9.71. The first-order chi connectivity index (χ1) is 15.3. The number of hydrogen-bond acceptors (Lipinski definition) is 4. The van der Waals surface area contributed by atoms with Crippen molar-refractivity contribution in [1.29, 1.82) is 0 Å². The number of ketones is 1. The third-order valence-corrected chi connectivity index (χ3v) is 6.67. The van der Waals surface area contributed by atoms with Gasteiger partial charge < -0.3 is 10.1 Å². The molecule has 4 rings (SSSR count). The molecule has 0 radical (unpaired) electrons. The second-order valence-corrected chi connectivity index (χ2v) is 9.40. The minimum atomic E-state index is -0.519. The zero-order valence-corrected chi connectivity index (χ0v) is 19.8. The van der Waals surface area contributed by atoms with E-state index >= 15 is 0 Å². The average molecular weight is 498 g/mol. The lowest BCUT2D eigenvalue weighted by Crippen LogP contribution is -2.36. The molecule has 0 unspecified atom stereocenters. The highest BCUT2D eigenvalue weighted by atomic mass is 79.9. The second-order valence-electron chi connectivity index (χ2n) is 8.54. The number of carbonyl (C=O) groups is 2. The van der Waals surface area contributed by atoms with Crippen LogP contribution in [-0.4, -0.2) is 17.9 Å². The fourth-order valence-corrected chi connectivity index (χ4v) is 5.09. The van der Waals surface area contributed by atoms with E-state index in [-0.39, 0.29) is 23.6 Å². The minimum Gasteiger partial charge on any atom is -0.460 e. The highest BCUT2D eigenvalue weighted by molar-refractivity contribution is 9.10. The molecule has 0 saturated carbocycles. The molecule has 0 spiro atoms. The Hall–Kier alpha value is -2.73. The predicted molar refractivity (Wildman–Crippen MR) is 124 cm³/mol. The van der Waals surface area contributed by atoms with Gasteiger partial charge in [0.2, 0.25) is 0 Å². The van der Waals surface area contributed by atoms with Crippen molar-refractivity contribution in [2.24, 2.45) is 0 Å². The van der Waals surface area contributed by atoms with Crippen LogP contribution in [0.25, 0.3) is 0 Å². The van der Waals surface area contributed by atoms with Crippen molar-refractivity contribution in [3.05, 3.63) is 92.5 Å². The van der Waals surface area contributed by atoms with Crippen LogP contribution in [0.4, 0.5) is 4.39 Å². The van der Waals surface area contributed by atoms with Crippen LogP contribution in [0.1, 0.15) is 56.6 Å². The van der Waals surface area contributed by atoms with Gasteiger partial charge in [-0.25, -0.2) is 9.18 Å². The topological polar surface area (TPSA) is 55.4 Å². The average Bonchev–Trinajstić information content (AvgIpc) is 2.73. The van der Waals surface area contributed by atoms with E-state index in [1.165, 1.54) is 12.1 Å². The van der Waals surface area contributed by atoms with Gasteiger partial charge in [0.05, 0.1) is 11.7 Å². The van der Waals surface area contributed by atoms with E-state index < -0.39 is 11.9 Å². The summed E-state index contributed by atoms with van der Waals surface area (Å²) < 4.78 is 19.8. The summed E-state index contributed by atoms with van der Waals surface area (Å²) in [6.45, 7) is 5.46. The number of Topliss-reactive ketones (excluding diaryl/α,β-unsaturated/α-hetero) is 1. The van der Waals surface area contributed by atoms with Gasteiger partial charge in [-0.3, -0.25) is 4.79 Å². The summed E-state index contributed by atoms with van der Waals surface area (Å²) in [5, 5.41) is 3.33. The van der Waals surface area contributed by atoms with Crippen LogP contribution >= 0.6 is 15.9 Å². The van der Waals surface area contributed by atoms with Crippen LogP contribution in [0.2, 0.25) is 0 Å². The Bertz CT molecular complexity index is 1130. The summed E-state index contributed by atoms with van der Waals surface area (Å²) >= 11 is 3.61. The van der Waals surface area contributed by atoms with Crippen LogP contribution in [0, 0.1) is 5.82 Å². The Morgan fingerprint density at radius 3 is 2.47 bits per heavy atom. The number of esters is 1. The molecule has 1 aliphatic heterocycles. The van der Waals surface area contributed by atoms with Gasteiger partial charge in [0.25, 0.3) is 0 Å².